The topological polar surface area (TPSA) is 25.8 Å². The second-order valence-corrected chi connectivity index (χ2v) is 6.74. The van der Waals surface area contributed by atoms with Crippen LogP contribution in [0.15, 0.2) is 52.3 Å². The molecule has 0 bridgehead atoms. The molecule has 0 amide bonds. The normalized spacial score (nSPS) is 11.3. The predicted molar refractivity (Wildman–Crippen MR) is 93.1 cm³/mol. The van der Waals surface area contributed by atoms with Gasteiger partial charge in [-0.15, -0.1) is 11.3 Å². The Morgan fingerprint density at radius 3 is 2.67 bits per heavy atom. The van der Waals surface area contributed by atoms with E-state index in [1.807, 2.05) is 30.3 Å². The van der Waals surface area contributed by atoms with Crippen molar-refractivity contribution < 1.29 is 0 Å². The molecule has 0 aliphatic carbocycles. The Balaban J connectivity index is 2.05. The number of nitrogens with zero attached hydrogens (tertiary/aromatic N) is 2. The zero-order chi connectivity index (χ0) is 14.4. The highest BCUT2D eigenvalue weighted by molar-refractivity contribution is 9.10. The zero-order valence-corrected chi connectivity index (χ0v) is 13.8. The van der Waals surface area contributed by atoms with Crippen LogP contribution in [-0.4, -0.2) is 9.97 Å². The summed E-state index contributed by atoms with van der Waals surface area (Å²) in [5.74, 6) is 0.664. The standard InChI is InChI=1S/C16H8BrClN2S/c17-12-6-3-5-10-14(12)19-16(20-15(10)18)11-8-21-13-7-2-1-4-9(11)13/h1-8H. The van der Waals surface area contributed by atoms with E-state index in [9.17, 15) is 0 Å². The van der Waals surface area contributed by atoms with Crippen molar-refractivity contribution in [1.82, 2.24) is 9.97 Å². The minimum atomic E-state index is 0.478. The number of rotatable bonds is 1. The molecule has 21 heavy (non-hydrogen) atoms. The predicted octanol–water partition coefficient (Wildman–Crippen LogP) is 5.93. The maximum absolute atomic E-state index is 6.33. The summed E-state index contributed by atoms with van der Waals surface area (Å²) in [6.07, 6.45) is 0. The molecule has 0 unspecified atom stereocenters. The monoisotopic (exact) mass is 374 g/mol. The Kier molecular flexibility index (Phi) is 3.17. The quantitative estimate of drug-likeness (QED) is 0.385. The van der Waals surface area contributed by atoms with E-state index in [4.69, 9.17) is 16.6 Å². The van der Waals surface area contributed by atoms with Crippen LogP contribution in [0.2, 0.25) is 5.15 Å². The molecule has 0 N–H and O–H groups in total. The van der Waals surface area contributed by atoms with Crippen LogP contribution in [0, 0.1) is 0 Å². The SMILES string of the molecule is Clc1nc(-c2csc3ccccc23)nc2c(Br)cccc12. The van der Waals surface area contributed by atoms with Gasteiger partial charge in [0.25, 0.3) is 0 Å². The second kappa shape index (κ2) is 5.05. The number of thiophene rings is 1. The van der Waals surface area contributed by atoms with Crippen molar-refractivity contribution in [2.75, 3.05) is 0 Å². The van der Waals surface area contributed by atoms with Gasteiger partial charge in [-0.05, 0) is 34.1 Å². The van der Waals surface area contributed by atoms with Crippen LogP contribution >= 0.6 is 38.9 Å². The Labute approximate surface area is 138 Å². The summed E-state index contributed by atoms with van der Waals surface area (Å²) in [5, 5.41) is 4.57. The molecule has 0 aliphatic heterocycles. The van der Waals surface area contributed by atoms with Gasteiger partial charge in [0.1, 0.15) is 5.15 Å². The van der Waals surface area contributed by atoms with Crippen molar-refractivity contribution in [2.45, 2.75) is 0 Å². The van der Waals surface area contributed by atoms with Crippen LogP contribution in [0.25, 0.3) is 32.4 Å². The van der Waals surface area contributed by atoms with Gasteiger partial charge in [-0.3, -0.25) is 0 Å². The van der Waals surface area contributed by atoms with Gasteiger partial charge in [0, 0.05) is 30.9 Å². The molecule has 2 aromatic carbocycles. The first-order chi connectivity index (χ1) is 10.2. The highest BCUT2D eigenvalue weighted by atomic mass is 79.9. The Hall–Kier alpha value is -1.49. The smallest absolute Gasteiger partial charge is 0.163 e. The molecule has 2 heterocycles. The molecule has 4 aromatic rings. The molecular formula is C16H8BrClN2S. The largest absolute Gasteiger partial charge is 0.227 e. The molecule has 0 radical (unpaired) electrons. The number of benzene rings is 2. The maximum atomic E-state index is 6.33. The van der Waals surface area contributed by atoms with E-state index in [2.05, 4.69) is 38.4 Å². The van der Waals surface area contributed by atoms with Gasteiger partial charge in [0.15, 0.2) is 5.82 Å². The third-order valence-corrected chi connectivity index (χ3v) is 5.24. The van der Waals surface area contributed by atoms with E-state index in [-0.39, 0.29) is 0 Å². The summed E-state index contributed by atoms with van der Waals surface area (Å²) >= 11 is 11.6. The van der Waals surface area contributed by atoms with Crippen molar-refractivity contribution in [3.63, 3.8) is 0 Å². The first kappa shape index (κ1) is 13.2. The molecule has 0 atom stereocenters. The van der Waals surface area contributed by atoms with Crippen LogP contribution < -0.4 is 0 Å². The molecule has 2 aromatic heterocycles. The summed E-state index contributed by atoms with van der Waals surface area (Å²) in [6, 6.07) is 14.1. The fourth-order valence-corrected chi connectivity index (χ4v) is 3.98. The van der Waals surface area contributed by atoms with Crippen LogP contribution in [0.5, 0.6) is 0 Å². The van der Waals surface area contributed by atoms with Crippen LogP contribution in [0.3, 0.4) is 0 Å². The van der Waals surface area contributed by atoms with Crippen molar-refractivity contribution in [3.05, 3.63) is 57.5 Å². The lowest BCUT2D eigenvalue weighted by Crippen LogP contribution is -1.92. The lowest BCUT2D eigenvalue weighted by Gasteiger charge is -2.05. The third kappa shape index (κ3) is 2.14. The minimum Gasteiger partial charge on any atom is -0.227 e. The number of aromatic nitrogens is 2. The Morgan fingerprint density at radius 1 is 0.952 bits per heavy atom. The first-order valence-electron chi connectivity index (χ1n) is 6.32. The number of fused-ring (bicyclic) bond motifs is 2. The molecule has 0 spiro atoms. The number of hydrogen-bond donors (Lipinski definition) is 0. The summed E-state index contributed by atoms with van der Waals surface area (Å²) in [4.78, 5) is 9.17. The molecule has 0 saturated carbocycles. The summed E-state index contributed by atoms with van der Waals surface area (Å²) < 4.78 is 2.14. The minimum absolute atomic E-state index is 0.478. The third-order valence-electron chi connectivity index (χ3n) is 3.35. The Morgan fingerprint density at radius 2 is 1.76 bits per heavy atom. The van der Waals surface area contributed by atoms with Gasteiger partial charge in [-0.1, -0.05) is 35.9 Å². The van der Waals surface area contributed by atoms with Crippen LogP contribution in [0.1, 0.15) is 0 Å². The average molecular weight is 376 g/mol. The second-order valence-electron chi connectivity index (χ2n) is 4.62. The fourth-order valence-electron chi connectivity index (χ4n) is 2.35. The van der Waals surface area contributed by atoms with Gasteiger partial charge in [-0.25, -0.2) is 9.97 Å². The average Bonchev–Trinajstić information content (AvgIpc) is 2.92. The number of para-hydroxylation sites is 1. The van der Waals surface area contributed by atoms with E-state index in [0.717, 1.165) is 26.3 Å². The van der Waals surface area contributed by atoms with Gasteiger partial charge >= 0.3 is 0 Å². The molecular weight excluding hydrogens is 368 g/mol. The molecule has 2 nitrogen and oxygen atoms in total. The van der Waals surface area contributed by atoms with E-state index >= 15 is 0 Å². The molecule has 0 saturated heterocycles. The van der Waals surface area contributed by atoms with Crippen molar-refractivity contribution in [1.29, 1.82) is 0 Å². The zero-order valence-electron chi connectivity index (χ0n) is 10.7. The van der Waals surface area contributed by atoms with E-state index in [1.165, 1.54) is 4.70 Å². The van der Waals surface area contributed by atoms with Crippen LogP contribution in [-0.2, 0) is 0 Å². The van der Waals surface area contributed by atoms with Crippen molar-refractivity contribution >= 4 is 59.9 Å². The Bertz CT molecular complexity index is 981. The molecule has 4 rings (SSSR count). The maximum Gasteiger partial charge on any atom is 0.163 e. The number of halogens is 2. The summed E-state index contributed by atoms with van der Waals surface area (Å²) in [6.45, 7) is 0. The first-order valence-corrected chi connectivity index (χ1v) is 8.37. The van der Waals surface area contributed by atoms with Crippen molar-refractivity contribution in [2.24, 2.45) is 0 Å². The molecule has 0 aliphatic rings. The summed E-state index contributed by atoms with van der Waals surface area (Å²) in [5.41, 5.74) is 1.86. The lowest BCUT2D eigenvalue weighted by molar-refractivity contribution is 1.23. The fraction of sp³-hybridized carbons (Fsp3) is 0. The molecule has 102 valence electrons. The highest BCUT2D eigenvalue weighted by Gasteiger charge is 2.13. The van der Waals surface area contributed by atoms with E-state index < -0.39 is 0 Å². The molecule has 0 fully saturated rings. The van der Waals surface area contributed by atoms with Gasteiger partial charge in [0.2, 0.25) is 0 Å². The lowest BCUT2D eigenvalue weighted by atomic mass is 10.1. The van der Waals surface area contributed by atoms with Crippen molar-refractivity contribution in [3.8, 4) is 11.4 Å². The van der Waals surface area contributed by atoms with E-state index in [0.29, 0.717) is 11.0 Å². The van der Waals surface area contributed by atoms with E-state index in [1.54, 1.807) is 11.3 Å². The molecule has 5 heteroatoms. The van der Waals surface area contributed by atoms with Gasteiger partial charge in [0.05, 0.1) is 5.52 Å². The van der Waals surface area contributed by atoms with Gasteiger partial charge in [-0.2, -0.15) is 0 Å². The number of hydrogen-bond acceptors (Lipinski definition) is 3. The summed E-state index contributed by atoms with van der Waals surface area (Å²) in [7, 11) is 0. The van der Waals surface area contributed by atoms with Crippen LogP contribution in [0.4, 0.5) is 0 Å². The highest BCUT2D eigenvalue weighted by Crippen LogP contribution is 2.35. The van der Waals surface area contributed by atoms with Gasteiger partial charge < -0.3 is 0 Å².